The van der Waals surface area contributed by atoms with Crippen molar-refractivity contribution in [1.82, 2.24) is 0 Å². The zero-order valence-electron chi connectivity index (χ0n) is 35.5. The van der Waals surface area contributed by atoms with Gasteiger partial charge in [0.2, 0.25) is 0 Å². The van der Waals surface area contributed by atoms with Crippen LogP contribution in [0.15, 0.2) is 48.6 Å². The van der Waals surface area contributed by atoms with E-state index in [0.717, 1.165) is 64.2 Å². The Morgan fingerprint density at radius 1 is 0.389 bits per heavy atom. The molecule has 0 rings (SSSR count). The van der Waals surface area contributed by atoms with Gasteiger partial charge in [-0.3, -0.25) is 14.4 Å². The van der Waals surface area contributed by atoms with Crippen LogP contribution in [0, 0.1) is 0 Å². The number of esters is 3. The summed E-state index contributed by atoms with van der Waals surface area (Å²) in [4.78, 5) is 37.5. The van der Waals surface area contributed by atoms with Crippen molar-refractivity contribution in [2.75, 3.05) is 13.2 Å². The van der Waals surface area contributed by atoms with Crippen LogP contribution in [0.25, 0.3) is 0 Å². The van der Waals surface area contributed by atoms with E-state index >= 15 is 0 Å². The Kier molecular flexibility index (Phi) is 41.0. The van der Waals surface area contributed by atoms with Gasteiger partial charge in [-0.05, 0) is 89.9 Å². The Bertz CT molecular complexity index is 964. The molecule has 6 nitrogen and oxygen atoms in total. The summed E-state index contributed by atoms with van der Waals surface area (Å²) in [7, 11) is 0. The molecule has 312 valence electrons. The van der Waals surface area contributed by atoms with Crippen LogP contribution in [0.2, 0.25) is 0 Å². The largest absolute Gasteiger partial charge is 0.462 e. The molecule has 0 spiro atoms. The molecule has 54 heavy (non-hydrogen) atoms. The summed E-state index contributed by atoms with van der Waals surface area (Å²) in [5.41, 5.74) is 0. The van der Waals surface area contributed by atoms with E-state index < -0.39 is 6.10 Å². The average Bonchev–Trinajstić information content (AvgIpc) is 3.17. The van der Waals surface area contributed by atoms with Gasteiger partial charge in [-0.1, -0.05) is 159 Å². The monoisotopic (exact) mass is 757 g/mol. The molecule has 0 fully saturated rings. The quantitative estimate of drug-likeness (QED) is 0.0268. The molecule has 1 unspecified atom stereocenters. The van der Waals surface area contributed by atoms with Gasteiger partial charge in [0.25, 0.3) is 0 Å². The number of carbonyl (C=O) groups excluding carboxylic acids is 3. The first-order valence-electron chi connectivity index (χ1n) is 22.6. The van der Waals surface area contributed by atoms with E-state index in [2.05, 4.69) is 69.4 Å². The molecule has 1 atom stereocenters. The molecule has 0 saturated heterocycles. The van der Waals surface area contributed by atoms with Crippen LogP contribution in [0.3, 0.4) is 0 Å². The molecule has 0 heterocycles. The van der Waals surface area contributed by atoms with Crippen molar-refractivity contribution in [1.29, 1.82) is 0 Å². The van der Waals surface area contributed by atoms with Gasteiger partial charge in [-0.2, -0.15) is 0 Å². The molecular formula is C48H84O6. The molecule has 0 N–H and O–H groups in total. The second-order valence-corrected chi connectivity index (χ2v) is 14.9. The minimum atomic E-state index is -0.799. The minimum absolute atomic E-state index is 0.0992. The fourth-order valence-electron chi connectivity index (χ4n) is 6.12. The van der Waals surface area contributed by atoms with E-state index in [-0.39, 0.29) is 37.5 Å². The Hall–Kier alpha value is -2.63. The molecule has 0 aliphatic rings. The predicted molar refractivity (Wildman–Crippen MR) is 229 cm³/mol. The van der Waals surface area contributed by atoms with Crippen molar-refractivity contribution in [3.63, 3.8) is 0 Å². The van der Waals surface area contributed by atoms with Crippen LogP contribution in [-0.2, 0) is 28.6 Å². The molecule has 0 aromatic rings. The lowest BCUT2D eigenvalue weighted by atomic mass is 10.1. The Morgan fingerprint density at radius 3 is 1.26 bits per heavy atom. The summed E-state index contributed by atoms with van der Waals surface area (Å²) in [5, 5.41) is 0. The van der Waals surface area contributed by atoms with Gasteiger partial charge in [0, 0.05) is 19.3 Å². The maximum atomic E-state index is 12.6. The first kappa shape index (κ1) is 51.4. The lowest BCUT2D eigenvalue weighted by Crippen LogP contribution is -2.30. The van der Waals surface area contributed by atoms with Crippen LogP contribution in [0.5, 0.6) is 0 Å². The third-order valence-electron chi connectivity index (χ3n) is 9.54. The second kappa shape index (κ2) is 43.1. The molecule has 0 aromatic carbocycles. The number of carbonyl (C=O) groups is 3. The zero-order chi connectivity index (χ0) is 39.4. The molecule has 0 amide bonds. The van der Waals surface area contributed by atoms with Gasteiger partial charge < -0.3 is 14.2 Å². The van der Waals surface area contributed by atoms with Crippen molar-refractivity contribution in [2.24, 2.45) is 0 Å². The second-order valence-electron chi connectivity index (χ2n) is 14.9. The zero-order valence-corrected chi connectivity index (χ0v) is 35.5. The Morgan fingerprint density at radius 2 is 0.741 bits per heavy atom. The summed E-state index contributed by atoms with van der Waals surface area (Å²) in [6.45, 7) is 6.40. The first-order chi connectivity index (χ1) is 26.5. The van der Waals surface area contributed by atoms with Crippen molar-refractivity contribution < 1.29 is 28.6 Å². The fraction of sp³-hybridized carbons (Fsp3) is 0.771. The van der Waals surface area contributed by atoms with Gasteiger partial charge in [0.1, 0.15) is 13.2 Å². The fourth-order valence-corrected chi connectivity index (χ4v) is 6.12. The number of rotatable bonds is 40. The van der Waals surface area contributed by atoms with E-state index in [0.29, 0.717) is 25.7 Å². The highest BCUT2D eigenvalue weighted by Crippen LogP contribution is 2.13. The third kappa shape index (κ3) is 40.6. The lowest BCUT2D eigenvalue weighted by molar-refractivity contribution is -0.167. The lowest BCUT2D eigenvalue weighted by Gasteiger charge is -2.18. The van der Waals surface area contributed by atoms with Crippen LogP contribution in [0.4, 0.5) is 0 Å². The van der Waals surface area contributed by atoms with Crippen LogP contribution in [0.1, 0.15) is 220 Å². The molecule has 0 aliphatic heterocycles. The normalized spacial score (nSPS) is 12.4. The topological polar surface area (TPSA) is 78.9 Å². The average molecular weight is 757 g/mol. The van der Waals surface area contributed by atoms with E-state index in [1.807, 2.05) is 0 Å². The van der Waals surface area contributed by atoms with Gasteiger partial charge >= 0.3 is 17.9 Å². The summed E-state index contributed by atoms with van der Waals surface area (Å²) < 4.78 is 16.6. The molecule has 0 saturated carbocycles. The van der Waals surface area contributed by atoms with Gasteiger partial charge in [-0.15, -0.1) is 0 Å². The number of unbranched alkanes of at least 4 members (excludes halogenated alkanes) is 21. The summed E-state index contributed by atoms with van der Waals surface area (Å²) in [5.74, 6) is -0.984. The maximum Gasteiger partial charge on any atom is 0.306 e. The Labute approximate surface area is 333 Å². The summed E-state index contributed by atoms with van der Waals surface area (Å²) in [6, 6.07) is 0. The van der Waals surface area contributed by atoms with E-state index in [1.165, 1.54) is 103 Å². The van der Waals surface area contributed by atoms with E-state index in [4.69, 9.17) is 14.2 Å². The highest BCUT2D eigenvalue weighted by Gasteiger charge is 2.19. The standard InChI is InChI=1S/C48H84O6/c1-4-7-10-13-16-19-20-21-22-23-24-25-26-27-30-32-35-38-41-47(50)53-44-45(54-48(51)42-39-36-33-29-18-15-12-9-6-3)43-52-46(49)40-37-34-31-28-17-14-11-8-5-2/h9,12,18,24-25,28-29,31,45H,4-8,10-11,13-17,19-23,26-27,30,32-44H2,1-3H3/b12-9-,25-24-,29-18-,31-28-. The SMILES string of the molecule is CC/C=C\C/C=C\CCCCC(=O)OC(COC(=O)CCC/C=C\CCCCCC)COC(=O)CCCCCCC/C=C\CCCCCCCCCCC. The predicted octanol–water partition coefficient (Wildman–Crippen LogP) is 14.4. The molecule has 0 radical (unpaired) electrons. The van der Waals surface area contributed by atoms with Gasteiger partial charge in [0.05, 0.1) is 0 Å². The number of hydrogen-bond donors (Lipinski definition) is 0. The molecule has 0 aliphatic carbocycles. The first-order valence-corrected chi connectivity index (χ1v) is 22.6. The molecular weight excluding hydrogens is 673 g/mol. The van der Waals surface area contributed by atoms with Crippen molar-refractivity contribution >= 4 is 17.9 Å². The number of ether oxygens (including phenoxy) is 3. The van der Waals surface area contributed by atoms with E-state index in [9.17, 15) is 14.4 Å². The molecule has 6 heteroatoms. The van der Waals surface area contributed by atoms with E-state index in [1.54, 1.807) is 0 Å². The van der Waals surface area contributed by atoms with Gasteiger partial charge in [0.15, 0.2) is 6.10 Å². The van der Waals surface area contributed by atoms with Crippen LogP contribution in [-0.4, -0.2) is 37.2 Å². The minimum Gasteiger partial charge on any atom is -0.462 e. The third-order valence-corrected chi connectivity index (χ3v) is 9.54. The number of hydrogen-bond acceptors (Lipinski definition) is 6. The van der Waals surface area contributed by atoms with Crippen molar-refractivity contribution in [2.45, 2.75) is 226 Å². The maximum absolute atomic E-state index is 12.6. The van der Waals surface area contributed by atoms with Gasteiger partial charge in [-0.25, -0.2) is 0 Å². The highest BCUT2D eigenvalue weighted by atomic mass is 16.6. The summed E-state index contributed by atoms with van der Waals surface area (Å²) in [6.07, 6.45) is 49.8. The molecule has 0 aromatic heterocycles. The Balaban J connectivity index is 4.31. The molecule has 0 bridgehead atoms. The van der Waals surface area contributed by atoms with Crippen molar-refractivity contribution in [3.05, 3.63) is 48.6 Å². The summed E-state index contributed by atoms with van der Waals surface area (Å²) >= 11 is 0. The highest BCUT2D eigenvalue weighted by molar-refractivity contribution is 5.71. The van der Waals surface area contributed by atoms with Crippen LogP contribution >= 0.6 is 0 Å². The van der Waals surface area contributed by atoms with Crippen LogP contribution < -0.4 is 0 Å². The smallest absolute Gasteiger partial charge is 0.306 e. The number of allylic oxidation sites excluding steroid dienone is 8. The van der Waals surface area contributed by atoms with Crippen molar-refractivity contribution in [3.8, 4) is 0 Å².